The summed E-state index contributed by atoms with van der Waals surface area (Å²) in [5.41, 5.74) is 3.12. The number of amides is 1. The fourth-order valence-corrected chi connectivity index (χ4v) is 4.32. The quantitative estimate of drug-likeness (QED) is 0.551. The van der Waals surface area contributed by atoms with Gasteiger partial charge in [-0.05, 0) is 46.1 Å². The minimum atomic E-state index is 0.112. The highest BCUT2D eigenvalue weighted by atomic mass is 79.9. The van der Waals surface area contributed by atoms with E-state index in [0.29, 0.717) is 18.9 Å². The van der Waals surface area contributed by atoms with Gasteiger partial charge in [0.05, 0.1) is 16.7 Å². The molecule has 0 radical (unpaired) electrons. The third-order valence-corrected chi connectivity index (χ3v) is 6.18. The van der Waals surface area contributed by atoms with E-state index in [1.165, 1.54) is 5.52 Å². The van der Waals surface area contributed by atoms with Crippen LogP contribution in [-0.2, 0) is 11.3 Å². The SMILES string of the molecule is CCC(C)Cn1c(C2CC(=O)N(c3ccccc3Br)C2)nc2ccccc21. The molecule has 0 N–H and O–H groups in total. The summed E-state index contributed by atoms with van der Waals surface area (Å²) in [6.45, 7) is 6.10. The second kappa shape index (κ2) is 7.47. The molecule has 2 heterocycles. The molecule has 4 rings (SSSR count). The number of fused-ring (bicyclic) bond motifs is 1. The van der Waals surface area contributed by atoms with Gasteiger partial charge in [0.1, 0.15) is 5.82 Å². The molecule has 5 heteroatoms. The topological polar surface area (TPSA) is 38.1 Å². The largest absolute Gasteiger partial charge is 0.327 e. The summed E-state index contributed by atoms with van der Waals surface area (Å²) in [5.74, 6) is 1.88. The van der Waals surface area contributed by atoms with Crippen molar-refractivity contribution >= 4 is 38.6 Å². The molecule has 2 aromatic carbocycles. The van der Waals surface area contributed by atoms with Crippen LogP contribution < -0.4 is 4.90 Å². The zero-order valence-electron chi connectivity index (χ0n) is 15.7. The van der Waals surface area contributed by atoms with Crippen LogP contribution in [0.15, 0.2) is 53.0 Å². The number of para-hydroxylation sites is 3. The van der Waals surface area contributed by atoms with Crippen LogP contribution in [0.5, 0.6) is 0 Å². The number of halogens is 1. The number of hydrogen-bond acceptors (Lipinski definition) is 2. The molecule has 1 aliphatic heterocycles. The van der Waals surface area contributed by atoms with Crippen molar-refractivity contribution in [1.82, 2.24) is 9.55 Å². The second-order valence-corrected chi connectivity index (χ2v) is 8.29. The molecule has 2 unspecified atom stereocenters. The van der Waals surface area contributed by atoms with Crippen LogP contribution in [0.1, 0.15) is 38.4 Å². The Balaban J connectivity index is 1.71. The fraction of sp³-hybridized carbons (Fsp3) is 0.364. The van der Waals surface area contributed by atoms with Crippen LogP contribution in [0.25, 0.3) is 11.0 Å². The normalized spacial score (nSPS) is 18.4. The van der Waals surface area contributed by atoms with Gasteiger partial charge in [-0.1, -0.05) is 44.5 Å². The molecule has 4 nitrogen and oxygen atoms in total. The van der Waals surface area contributed by atoms with Crippen molar-refractivity contribution in [2.24, 2.45) is 5.92 Å². The van der Waals surface area contributed by atoms with Gasteiger partial charge in [0.25, 0.3) is 0 Å². The Morgan fingerprint density at radius 3 is 2.70 bits per heavy atom. The van der Waals surface area contributed by atoms with E-state index >= 15 is 0 Å². The molecular weight excluding hydrogens is 402 g/mol. The first-order chi connectivity index (χ1) is 13.1. The van der Waals surface area contributed by atoms with Gasteiger partial charge in [-0.2, -0.15) is 0 Å². The summed E-state index contributed by atoms with van der Waals surface area (Å²) in [5, 5.41) is 0. The van der Waals surface area contributed by atoms with Gasteiger partial charge in [0.15, 0.2) is 0 Å². The summed E-state index contributed by atoms with van der Waals surface area (Å²) in [7, 11) is 0. The molecular formula is C22H24BrN3O. The number of hydrogen-bond donors (Lipinski definition) is 0. The zero-order chi connectivity index (χ0) is 19.0. The monoisotopic (exact) mass is 425 g/mol. The van der Waals surface area contributed by atoms with E-state index in [1.54, 1.807) is 0 Å². The van der Waals surface area contributed by atoms with E-state index in [9.17, 15) is 4.79 Å². The van der Waals surface area contributed by atoms with Gasteiger partial charge < -0.3 is 9.47 Å². The minimum Gasteiger partial charge on any atom is -0.327 e. The zero-order valence-corrected chi connectivity index (χ0v) is 17.3. The Morgan fingerprint density at radius 2 is 1.93 bits per heavy atom. The number of carbonyl (C=O) groups is 1. The Hall–Kier alpha value is -2.14. The van der Waals surface area contributed by atoms with Crippen molar-refractivity contribution < 1.29 is 4.79 Å². The highest BCUT2D eigenvalue weighted by molar-refractivity contribution is 9.10. The lowest BCUT2D eigenvalue weighted by Crippen LogP contribution is -2.25. The molecule has 0 saturated carbocycles. The molecule has 1 fully saturated rings. The van der Waals surface area contributed by atoms with E-state index in [2.05, 4.69) is 52.5 Å². The van der Waals surface area contributed by atoms with E-state index in [0.717, 1.165) is 34.5 Å². The van der Waals surface area contributed by atoms with E-state index in [1.807, 2.05) is 35.2 Å². The van der Waals surface area contributed by atoms with Crippen LogP contribution >= 0.6 is 15.9 Å². The number of rotatable bonds is 5. The maximum atomic E-state index is 12.8. The third kappa shape index (κ3) is 3.41. The number of imidazole rings is 1. The first kappa shape index (κ1) is 18.2. The summed E-state index contributed by atoms with van der Waals surface area (Å²) in [6, 6.07) is 16.2. The molecule has 0 spiro atoms. The molecule has 0 bridgehead atoms. The molecule has 0 aliphatic carbocycles. The van der Waals surface area contributed by atoms with E-state index < -0.39 is 0 Å². The van der Waals surface area contributed by atoms with Crippen LogP contribution in [-0.4, -0.2) is 22.0 Å². The fourth-order valence-electron chi connectivity index (χ4n) is 3.82. The first-order valence-corrected chi connectivity index (χ1v) is 10.4. The first-order valence-electron chi connectivity index (χ1n) is 9.58. The van der Waals surface area contributed by atoms with Gasteiger partial charge in [-0.3, -0.25) is 4.79 Å². The lowest BCUT2D eigenvalue weighted by molar-refractivity contribution is -0.117. The third-order valence-electron chi connectivity index (χ3n) is 5.51. The van der Waals surface area contributed by atoms with Gasteiger partial charge in [0.2, 0.25) is 5.91 Å². The molecule has 3 aromatic rings. The number of aromatic nitrogens is 2. The maximum absolute atomic E-state index is 12.8. The second-order valence-electron chi connectivity index (χ2n) is 7.44. The van der Waals surface area contributed by atoms with Crippen molar-refractivity contribution in [1.29, 1.82) is 0 Å². The minimum absolute atomic E-state index is 0.112. The van der Waals surface area contributed by atoms with Gasteiger partial charge in [-0.15, -0.1) is 0 Å². The van der Waals surface area contributed by atoms with Crippen molar-refractivity contribution in [2.45, 2.75) is 39.2 Å². The van der Waals surface area contributed by atoms with Crippen molar-refractivity contribution in [3.63, 3.8) is 0 Å². The number of nitrogens with zero attached hydrogens (tertiary/aromatic N) is 3. The Kier molecular flexibility index (Phi) is 5.04. The number of carbonyl (C=O) groups excluding carboxylic acids is 1. The standard InChI is InChI=1S/C22H24BrN3O/c1-3-15(2)13-26-20-11-7-5-9-18(20)24-22(26)16-12-21(27)25(14-16)19-10-6-4-8-17(19)23/h4-11,15-16H,3,12-14H2,1-2H3. The van der Waals surface area contributed by atoms with E-state index in [-0.39, 0.29) is 11.8 Å². The average molecular weight is 426 g/mol. The van der Waals surface area contributed by atoms with Crippen LogP contribution in [0.4, 0.5) is 5.69 Å². The van der Waals surface area contributed by atoms with Gasteiger partial charge in [-0.25, -0.2) is 4.98 Å². The highest BCUT2D eigenvalue weighted by Gasteiger charge is 2.35. The molecule has 1 aromatic heterocycles. The van der Waals surface area contributed by atoms with Crippen LogP contribution in [0.3, 0.4) is 0 Å². The number of benzene rings is 2. The van der Waals surface area contributed by atoms with Crippen molar-refractivity contribution in [3.05, 3.63) is 58.8 Å². The predicted octanol–water partition coefficient (Wildman–Crippen LogP) is 5.37. The lowest BCUT2D eigenvalue weighted by atomic mass is 10.1. The molecule has 1 aliphatic rings. The molecule has 1 amide bonds. The van der Waals surface area contributed by atoms with Gasteiger partial charge >= 0.3 is 0 Å². The Bertz CT molecular complexity index is 981. The van der Waals surface area contributed by atoms with E-state index in [4.69, 9.17) is 4.98 Å². The van der Waals surface area contributed by atoms with Crippen molar-refractivity contribution in [3.8, 4) is 0 Å². The summed E-state index contributed by atoms with van der Waals surface area (Å²) >= 11 is 3.58. The van der Waals surface area contributed by atoms with Crippen molar-refractivity contribution in [2.75, 3.05) is 11.4 Å². The van der Waals surface area contributed by atoms with Crippen LogP contribution in [0, 0.1) is 5.92 Å². The molecule has 1 saturated heterocycles. The predicted molar refractivity (Wildman–Crippen MR) is 113 cm³/mol. The number of anilines is 1. The maximum Gasteiger partial charge on any atom is 0.227 e. The highest BCUT2D eigenvalue weighted by Crippen LogP contribution is 2.36. The molecule has 2 atom stereocenters. The van der Waals surface area contributed by atoms with Crippen LogP contribution in [0.2, 0.25) is 0 Å². The molecule has 140 valence electrons. The smallest absolute Gasteiger partial charge is 0.227 e. The summed E-state index contributed by atoms with van der Waals surface area (Å²) in [4.78, 5) is 19.6. The summed E-state index contributed by atoms with van der Waals surface area (Å²) in [6.07, 6.45) is 1.63. The van der Waals surface area contributed by atoms with Gasteiger partial charge in [0, 0.05) is 29.9 Å². The lowest BCUT2D eigenvalue weighted by Gasteiger charge is -2.19. The Morgan fingerprint density at radius 1 is 1.19 bits per heavy atom. The Labute approximate surface area is 168 Å². The average Bonchev–Trinajstić information content (AvgIpc) is 3.23. The molecule has 27 heavy (non-hydrogen) atoms. The summed E-state index contributed by atoms with van der Waals surface area (Å²) < 4.78 is 3.29.